The highest BCUT2D eigenvalue weighted by Crippen LogP contribution is 2.29. The third kappa shape index (κ3) is 2.75. The van der Waals surface area contributed by atoms with Gasteiger partial charge in [0.05, 0.1) is 12.8 Å². The fourth-order valence-electron chi connectivity index (χ4n) is 2.36. The standard InChI is InChI=1S/C14H20N2OS/c1-10-5-7-16(8-6-10)13-9-11(17-2)3-4-12(13)14(15)18/h3-4,9-10H,5-8H2,1-2H3,(H2,15,18). The molecule has 18 heavy (non-hydrogen) atoms. The Morgan fingerprint density at radius 1 is 1.39 bits per heavy atom. The van der Waals surface area contributed by atoms with Crippen molar-refractivity contribution in [3.05, 3.63) is 23.8 Å². The smallest absolute Gasteiger partial charge is 0.120 e. The highest BCUT2D eigenvalue weighted by Gasteiger charge is 2.19. The van der Waals surface area contributed by atoms with Gasteiger partial charge in [0.1, 0.15) is 10.7 Å². The lowest BCUT2D eigenvalue weighted by molar-refractivity contribution is 0.413. The number of benzene rings is 1. The van der Waals surface area contributed by atoms with Crippen molar-refractivity contribution in [2.75, 3.05) is 25.1 Å². The summed E-state index contributed by atoms with van der Waals surface area (Å²) in [6.07, 6.45) is 2.43. The molecule has 0 spiro atoms. The zero-order valence-electron chi connectivity index (χ0n) is 11.0. The highest BCUT2D eigenvalue weighted by molar-refractivity contribution is 7.80. The first-order valence-corrected chi connectivity index (χ1v) is 6.75. The summed E-state index contributed by atoms with van der Waals surface area (Å²) in [6, 6.07) is 5.89. The topological polar surface area (TPSA) is 38.5 Å². The van der Waals surface area contributed by atoms with Crippen molar-refractivity contribution in [2.45, 2.75) is 19.8 Å². The third-order valence-electron chi connectivity index (χ3n) is 3.59. The summed E-state index contributed by atoms with van der Waals surface area (Å²) < 4.78 is 5.29. The van der Waals surface area contributed by atoms with Crippen LogP contribution in [0.5, 0.6) is 5.75 Å². The molecule has 0 aromatic heterocycles. The number of hydrogen-bond donors (Lipinski definition) is 1. The number of hydrogen-bond acceptors (Lipinski definition) is 3. The summed E-state index contributed by atoms with van der Waals surface area (Å²) in [6.45, 7) is 4.42. The Hall–Kier alpha value is -1.29. The van der Waals surface area contributed by atoms with E-state index in [1.807, 2.05) is 18.2 Å². The average Bonchev–Trinajstić information content (AvgIpc) is 2.38. The van der Waals surface area contributed by atoms with Crippen molar-refractivity contribution in [1.29, 1.82) is 0 Å². The second-order valence-electron chi connectivity index (χ2n) is 4.92. The summed E-state index contributed by atoms with van der Waals surface area (Å²) in [4.78, 5) is 2.81. The van der Waals surface area contributed by atoms with Crippen LogP contribution in [0.1, 0.15) is 25.3 Å². The Morgan fingerprint density at radius 2 is 2.06 bits per heavy atom. The Labute approximate surface area is 114 Å². The summed E-state index contributed by atoms with van der Waals surface area (Å²) in [5.74, 6) is 1.66. The molecule has 1 saturated heterocycles. The minimum Gasteiger partial charge on any atom is -0.497 e. The maximum Gasteiger partial charge on any atom is 0.120 e. The summed E-state index contributed by atoms with van der Waals surface area (Å²) in [7, 11) is 1.68. The Balaban J connectivity index is 2.31. The normalized spacial score (nSPS) is 16.7. The van der Waals surface area contributed by atoms with Crippen molar-refractivity contribution >= 4 is 22.9 Å². The van der Waals surface area contributed by atoms with Crippen LogP contribution in [0.4, 0.5) is 5.69 Å². The van der Waals surface area contributed by atoms with Gasteiger partial charge in [0.25, 0.3) is 0 Å². The van der Waals surface area contributed by atoms with Gasteiger partial charge in [-0.2, -0.15) is 0 Å². The molecule has 2 N–H and O–H groups in total. The molecule has 0 amide bonds. The Morgan fingerprint density at radius 3 is 2.61 bits per heavy atom. The van der Waals surface area contributed by atoms with Gasteiger partial charge in [-0.05, 0) is 30.9 Å². The second-order valence-corrected chi connectivity index (χ2v) is 5.36. The van der Waals surface area contributed by atoms with Crippen molar-refractivity contribution in [3.63, 3.8) is 0 Å². The van der Waals surface area contributed by atoms with E-state index >= 15 is 0 Å². The molecule has 0 saturated carbocycles. The number of rotatable bonds is 3. The molecule has 0 unspecified atom stereocenters. The summed E-state index contributed by atoms with van der Waals surface area (Å²) >= 11 is 5.13. The SMILES string of the molecule is COc1ccc(C(N)=S)c(N2CCC(C)CC2)c1. The lowest BCUT2D eigenvalue weighted by Gasteiger charge is -2.33. The first-order valence-electron chi connectivity index (χ1n) is 6.34. The molecule has 0 radical (unpaired) electrons. The Bertz CT molecular complexity index is 439. The number of nitrogens with two attached hydrogens (primary N) is 1. The minimum absolute atomic E-state index is 0.450. The molecular formula is C14H20N2OS. The van der Waals surface area contributed by atoms with Gasteiger partial charge in [0, 0.05) is 24.7 Å². The van der Waals surface area contributed by atoms with Gasteiger partial charge in [0.15, 0.2) is 0 Å². The van der Waals surface area contributed by atoms with Crippen LogP contribution in [0, 0.1) is 5.92 Å². The molecule has 0 atom stereocenters. The molecule has 1 aromatic carbocycles. The van der Waals surface area contributed by atoms with Crippen LogP contribution in [0.25, 0.3) is 0 Å². The van der Waals surface area contributed by atoms with Gasteiger partial charge < -0.3 is 15.4 Å². The number of anilines is 1. The molecule has 0 aliphatic carbocycles. The quantitative estimate of drug-likeness (QED) is 0.852. The maximum atomic E-state index is 5.80. The molecule has 1 aliphatic heterocycles. The van der Waals surface area contributed by atoms with Crippen molar-refractivity contribution < 1.29 is 4.74 Å². The number of methoxy groups -OCH3 is 1. The minimum atomic E-state index is 0.450. The molecule has 98 valence electrons. The fourth-order valence-corrected chi connectivity index (χ4v) is 2.53. The molecule has 1 aliphatic rings. The highest BCUT2D eigenvalue weighted by atomic mass is 32.1. The molecule has 3 nitrogen and oxygen atoms in total. The lowest BCUT2D eigenvalue weighted by Crippen LogP contribution is -2.34. The van der Waals surface area contributed by atoms with E-state index in [0.717, 1.165) is 36.0 Å². The van der Waals surface area contributed by atoms with E-state index in [2.05, 4.69) is 11.8 Å². The van der Waals surface area contributed by atoms with E-state index in [1.54, 1.807) is 7.11 Å². The van der Waals surface area contributed by atoms with Crippen LogP contribution in [0.3, 0.4) is 0 Å². The van der Waals surface area contributed by atoms with Crippen LogP contribution in [0.15, 0.2) is 18.2 Å². The molecule has 1 fully saturated rings. The van der Waals surface area contributed by atoms with Crippen LogP contribution in [0.2, 0.25) is 0 Å². The first-order chi connectivity index (χ1) is 8.61. The summed E-state index contributed by atoms with van der Waals surface area (Å²) in [5.41, 5.74) is 7.85. The fraction of sp³-hybridized carbons (Fsp3) is 0.500. The van der Waals surface area contributed by atoms with Crippen LogP contribution in [-0.2, 0) is 0 Å². The number of piperidine rings is 1. The lowest BCUT2D eigenvalue weighted by atomic mass is 9.98. The van der Waals surface area contributed by atoms with E-state index in [9.17, 15) is 0 Å². The van der Waals surface area contributed by atoms with E-state index in [0.29, 0.717) is 4.99 Å². The molecule has 2 rings (SSSR count). The number of thiocarbonyl (C=S) groups is 1. The number of ether oxygens (including phenoxy) is 1. The monoisotopic (exact) mass is 264 g/mol. The zero-order chi connectivity index (χ0) is 13.1. The first kappa shape index (κ1) is 13.1. The molecule has 1 heterocycles. The Kier molecular flexibility index (Phi) is 4.07. The maximum absolute atomic E-state index is 5.80. The second kappa shape index (κ2) is 5.57. The van der Waals surface area contributed by atoms with Crippen molar-refractivity contribution in [3.8, 4) is 5.75 Å². The average molecular weight is 264 g/mol. The summed E-state index contributed by atoms with van der Waals surface area (Å²) in [5, 5.41) is 0. The van der Waals surface area contributed by atoms with Crippen LogP contribution in [-0.4, -0.2) is 25.2 Å². The van der Waals surface area contributed by atoms with E-state index < -0.39 is 0 Å². The van der Waals surface area contributed by atoms with Gasteiger partial charge in [-0.3, -0.25) is 0 Å². The van der Waals surface area contributed by atoms with Gasteiger partial charge in [-0.25, -0.2) is 0 Å². The van der Waals surface area contributed by atoms with Gasteiger partial charge >= 0.3 is 0 Å². The van der Waals surface area contributed by atoms with E-state index in [4.69, 9.17) is 22.7 Å². The zero-order valence-corrected chi connectivity index (χ0v) is 11.8. The van der Waals surface area contributed by atoms with Gasteiger partial charge in [-0.15, -0.1) is 0 Å². The van der Waals surface area contributed by atoms with Crippen molar-refractivity contribution in [1.82, 2.24) is 0 Å². The van der Waals surface area contributed by atoms with Crippen LogP contribution < -0.4 is 15.4 Å². The molecule has 4 heteroatoms. The van der Waals surface area contributed by atoms with Crippen LogP contribution >= 0.6 is 12.2 Å². The van der Waals surface area contributed by atoms with E-state index in [1.165, 1.54) is 12.8 Å². The predicted molar refractivity (Wildman–Crippen MR) is 79.5 cm³/mol. The van der Waals surface area contributed by atoms with Gasteiger partial charge in [-0.1, -0.05) is 19.1 Å². The largest absolute Gasteiger partial charge is 0.497 e. The van der Waals surface area contributed by atoms with Gasteiger partial charge in [0.2, 0.25) is 0 Å². The molecule has 0 bridgehead atoms. The predicted octanol–water partition coefficient (Wildman–Crippen LogP) is 2.57. The van der Waals surface area contributed by atoms with E-state index in [-0.39, 0.29) is 0 Å². The molecule has 1 aromatic rings. The van der Waals surface area contributed by atoms with Crippen molar-refractivity contribution in [2.24, 2.45) is 11.7 Å². The molecular weight excluding hydrogens is 244 g/mol. The number of nitrogens with zero attached hydrogens (tertiary/aromatic N) is 1. The third-order valence-corrected chi connectivity index (χ3v) is 3.81.